The number of aryl methyl sites for hydroxylation is 1. The number of carbonyl (C=O) groups is 1. The summed E-state index contributed by atoms with van der Waals surface area (Å²) in [4.78, 5) is 11.0. The second-order valence-electron chi connectivity index (χ2n) is 4.00. The predicted octanol–water partition coefficient (Wildman–Crippen LogP) is 2.07. The van der Waals surface area contributed by atoms with Gasteiger partial charge in [0.2, 0.25) is 5.89 Å². The molecule has 90 valence electrons. The highest BCUT2D eigenvalue weighted by Crippen LogP contribution is 2.28. The molecule has 0 bridgehead atoms. The van der Waals surface area contributed by atoms with Gasteiger partial charge in [-0.15, -0.1) is 10.2 Å². The van der Waals surface area contributed by atoms with Gasteiger partial charge in [0.05, 0.1) is 0 Å². The van der Waals surface area contributed by atoms with E-state index in [0.29, 0.717) is 23.8 Å². The average molecular weight is 233 g/mol. The van der Waals surface area contributed by atoms with Crippen molar-refractivity contribution in [3.63, 3.8) is 0 Å². The molecule has 0 unspecified atom stereocenters. The lowest BCUT2D eigenvalue weighted by atomic mass is 10.1. The molecule has 2 aromatic rings. The Kier molecular flexibility index (Phi) is 2.83. The summed E-state index contributed by atoms with van der Waals surface area (Å²) >= 11 is 0. The van der Waals surface area contributed by atoms with Crippen LogP contribution in [0.4, 0.5) is 0 Å². The minimum absolute atomic E-state index is 0.470. The third-order valence-electron chi connectivity index (χ3n) is 3.08. The summed E-state index contributed by atoms with van der Waals surface area (Å²) in [7, 11) is 1.89. The minimum atomic E-state index is 0.470. The van der Waals surface area contributed by atoms with Gasteiger partial charge in [0.1, 0.15) is 5.69 Å². The van der Waals surface area contributed by atoms with Crippen LogP contribution in [0.3, 0.4) is 0 Å². The molecule has 0 aliphatic heterocycles. The number of carbonyl (C=O) groups excluding carboxylic acids is 1. The first-order valence-corrected chi connectivity index (χ1v) is 5.53. The van der Waals surface area contributed by atoms with Gasteiger partial charge in [-0.1, -0.05) is 6.92 Å². The maximum absolute atomic E-state index is 11.0. The molecule has 0 saturated heterocycles. The Balaban J connectivity index is 2.63. The van der Waals surface area contributed by atoms with Gasteiger partial charge in [0.15, 0.2) is 6.29 Å². The summed E-state index contributed by atoms with van der Waals surface area (Å²) in [6.07, 6.45) is 1.57. The van der Waals surface area contributed by atoms with E-state index >= 15 is 0 Å². The van der Waals surface area contributed by atoms with Crippen molar-refractivity contribution in [1.82, 2.24) is 14.8 Å². The summed E-state index contributed by atoms with van der Waals surface area (Å²) in [6.45, 7) is 5.75. The molecule has 0 aliphatic rings. The van der Waals surface area contributed by atoms with E-state index in [0.717, 1.165) is 23.2 Å². The second-order valence-corrected chi connectivity index (χ2v) is 4.00. The van der Waals surface area contributed by atoms with Gasteiger partial charge in [0, 0.05) is 24.7 Å². The highest BCUT2D eigenvalue weighted by Gasteiger charge is 2.20. The smallest absolute Gasteiger partial charge is 0.264 e. The van der Waals surface area contributed by atoms with Crippen LogP contribution in [0.2, 0.25) is 0 Å². The fourth-order valence-electron chi connectivity index (χ4n) is 1.97. The first-order chi connectivity index (χ1) is 8.10. The highest BCUT2D eigenvalue weighted by molar-refractivity contribution is 5.83. The van der Waals surface area contributed by atoms with Crippen molar-refractivity contribution in [3.05, 3.63) is 22.7 Å². The van der Waals surface area contributed by atoms with Crippen LogP contribution in [0.25, 0.3) is 11.6 Å². The highest BCUT2D eigenvalue weighted by atomic mass is 16.4. The van der Waals surface area contributed by atoms with Gasteiger partial charge in [-0.2, -0.15) is 0 Å². The standard InChI is InChI=1S/C12H15N3O2/c1-5-10-13-14-12(17-10)11-7(2)9(6-16)8(3)15(11)4/h6H,5H2,1-4H3. The Morgan fingerprint density at radius 3 is 2.53 bits per heavy atom. The molecule has 5 nitrogen and oxygen atoms in total. The van der Waals surface area contributed by atoms with Crippen molar-refractivity contribution in [2.24, 2.45) is 7.05 Å². The zero-order valence-electron chi connectivity index (χ0n) is 10.4. The van der Waals surface area contributed by atoms with Crippen LogP contribution < -0.4 is 0 Å². The lowest BCUT2D eigenvalue weighted by Crippen LogP contribution is -1.95. The number of hydrogen-bond donors (Lipinski definition) is 0. The molecular formula is C12H15N3O2. The molecule has 0 atom stereocenters. The largest absolute Gasteiger partial charge is 0.419 e. The molecule has 0 aliphatic carbocycles. The number of aromatic nitrogens is 3. The third-order valence-corrected chi connectivity index (χ3v) is 3.08. The van der Waals surface area contributed by atoms with Gasteiger partial charge >= 0.3 is 0 Å². The molecule has 0 aromatic carbocycles. The van der Waals surface area contributed by atoms with Crippen molar-refractivity contribution in [2.75, 3.05) is 0 Å². The predicted molar refractivity (Wildman–Crippen MR) is 62.9 cm³/mol. The van der Waals surface area contributed by atoms with E-state index in [-0.39, 0.29) is 0 Å². The fourth-order valence-corrected chi connectivity index (χ4v) is 1.97. The first kappa shape index (κ1) is 11.6. The molecule has 0 amide bonds. The van der Waals surface area contributed by atoms with Crippen molar-refractivity contribution in [2.45, 2.75) is 27.2 Å². The normalized spacial score (nSPS) is 10.8. The minimum Gasteiger partial charge on any atom is -0.419 e. The first-order valence-electron chi connectivity index (χ1n) is 5.53. The number of nitrogens with zero attached hydrogens (tertiary/aromatic N) is 3. The van der Waals surface area contributed by atoms with Crippen LogP contribution in [-0.4, -0.2) is 21.1 Å². The second kappa shape index (κ2) is 4.16. The topological polar surface area (TPSA) is 60.9 Å². The Bertz CT molecular complexity index is 567. The van der Waals surface area contributed by atoms with E-state index in [9.17, 15) is 4.79 Å². The molecule has 0 spiro atoms. The Hall–Kier alpha value is -1.91. The maximum Gasteiger partial charge on any atom is 0.264 e. The van der Waals surface area contributed by atoms with E-state index in [4.69, 9.17) is 4.42 Å². The lowest BCUT2D eigenvalue weighted by molar-refractivity contribution is 0.112. The molecule has 5 heteroatoms. The summed E-state index contributed by atoms with van der Waals surface area (Å²) in [6, 6.07) is 0. The zero-order valence-corrected chi connectivity index (χ0v) is 10.4. The molecule has 0 saturated carbocycles. The van der Waals surface area contributed by atoms with E-state index < -0.39 is 0 Å². The summed E-state index contributed by atoms with van der Waals surface area (Å²) in [5.74, 6) is 1.07. The van der Waals surface area contributed by atoms with Crippen LogP contribution in [0.5, 0.6) is 0 Å². The Labute approximate surface area is 99.5 Å². The summed E-state index contributed by atoms with van der Waals surface area (Å²) in [5, 5.41) is 7.95. The van der Waals surface area contributed by atoms with E-state index in [1.165, 1.54) is 0 Å². The third kappa shape index (κ3) is 1.67. The van der Waals surface area contributed by atoms with Crippen LogP contribution in [0.15, 0.2) is 4.42 Å². The van der Waals surface area contributed by atoms with Crippen molar-refractivity contribution < 1.29 is 9.21 Å². The number of aldehydes is 1. The monoisotopic (exact) mass is 233 g/mol. The van der Waals surface area contributed by atoms with E-state index in [2.05, 4.69) is 10.2 Å². The SMILES string of the molecule is CCc1nnc(-c2c(C)c(C=O)c(C)n2C)o1. The molecule has 17 heavy (non-hydrogen) atoms. The van der Waals surface area contributed by atoms with Crippen molar-refractivity contribution >= 4 is 6.29 Å². The number of rotatable bonds is 3. The molecule has 0 fully saturated rings. The maximum atomic E-state index is 11.0. The van der Waals surface area contributed by atoms with Crippen LogP contribution in [0.1, 0.15) is 34.4 Å². The lowest BCUT2D eigenvalue weighted by Gasteiger charge is -2.00. The van der Waals surface area contributed by atoms with Gasteiger partial charge in [-0.3, -0.25) is 4.79 Å². The van der Waals surface area contributed by atoms with Gasteiger partial charge in [-0.05, 0) is 19.4 Å². The zero-order chi connectivity index (χ0) is 12.6. The van der Waals surface area contributed by atoms with E-state index in [1.807, 2.05) is 32.4 Å². The van der Waals surface area contributed by atoms with Gasteiger partial charge in [0.25, 0.3) is 5.89 Å². The molecular weight excluding hydrogens is 218 g/mol. The summed E-state index contributed by atoms with van der Waals surface area (Å²) < 4.78 is 7.44. The Morgan fingerprint density at radius 2 is 2.06 bits per heavy atom. The quantitative estimate of drug-likeness (QED) is 0.761. The van der Waals surface area contributed by atoms with Crippen LogP contribution in [-0.2, 0) is 13.5 Å². The molecule has 0 radical (unpaired) electrons. The molecule has 0 N–H and O–H groups in total. The van der Waals surface area contributed by atoms with Crippen LogP contribution in [0, 0.1) is 13.8 Å². The van der Waals surface area contributed by atoms with Crippen molar-refractivity contribution in [3.8, 4) is 11.6 Å². The van der Waals surface area contributed by atoms with Gasteiger partial charge in [-0.25, -0.2) is 0 Å². The van der Waals surface area contributed by atoms with Crippen molar-refractivity contribution in [1.29, 1.82) is 0 Å². The number of hydrogen-bond acceptors (Lipinski definition) is 4. The summed E-state index contributed by atoms with van der Waals surface area (Å²) in [5.41, 5.74) is 3.30. The van der Waals surface area contributed by atoms with Gasteiger partial charge < -0.3 is 8.98 Å². The average Bonchev–Trinajstić information content (AvgIpc) is 2.85. The fraction of sp³-hybridized carbons (Fsp3) is 0.417. The molecule has 2 rings (SSSR count). The van der Waals surface area contributed by atoms with E-state index in [1.54, 1.807) is 0 Å². The van der Waals surface area contributed by atoms with Crippen LogP contribution >= 0.6 is 0 Å². The Morgan fingerprint density at radius 1 is 1.35 bits per heavy atom. The molecule has 2 heterocycles. The molecule has 2 aromatic heterocycles.